The van der Waals surface area contributed by atoms with Gasteiger partial charge in [-0.15, -0.1) is 0 Å². The van der Waals surface area contributed by atoms with Gasteiger partial charge >= 0.3 is 5.97 Å². The zero-order valence-corrected chi connectivity index (χ0v) is 20.1. The number of amides is 1. The number of benzene rings is 4. The Bertz CT molecular complexity index is 1270. The molecule has 0 saturated carbocycles. The summed E-state index contributed by atoms with van der Waals surface area (Å²) >= 11 is 5.99. The highest BCUT2D eigenvalue weighted by Gasteiger charge is 2.28. The number of rotatable bonds is 9. The molecule has 1 N–H and O–H groups in total. The van der Waals surface area contributed by atoms with Crippen molar-refractivity contribution in [3.63, 3.8) is 0 Å². The third kappa shape index (κ3) is 6.26. The number of halogens is 1. The van der Waals surface area contributed by atoms with Crippen LogP contribution in [-0.4, -0.2) is 24.2 Å². The van der Waals surface area contributed by atoms with Gasteiger partial charge in [0.15, 0.2) is 6.10 Å². The van der Waals surface area contributed by atoms with Crippen LogP contribution in [0.3, 0.4) is 0 Å². The van der Waals surface area contributed by atoms with E-state index < -0.39 is 18.0 Å². The molecule has 5 nitrogen and oxygen atoms in total. The van der Waals surface area contributed by atoms with Crippen molar-refractivity contribution in [2.45, 2.75) is 12.0 Å². The Kier molecular flexibility index (Phi) is 8.27. The molecule has 36 heavy (non-hydrogen) atoms. The molecule has 1 atom stereocenters. The maximum atomic E-state index is 13.2. The summed E-state index contributed by atoms with van der Waals surface area (Å²) in [7, 11) is 0. The fourth-order valence-corrected chi connectivity index (χ4v) is 4.01. The third-order valence-corrected chi connectivity index (χ3v) is 5.91. The van der Waals surface area contributed by atoms with Crippen LogP contribution in [0.25, 0.3) is 0 Å². The number of carbonyl (C=O) groups excluding carboxylic acids is 3. The Hall–Kier alpha value is -4.22. The smallest absolute Gasteiger partial charge is 0.326 e. The Morgan fingerprint density at radius 3 is 1.69 bits per heavy atom. The van der Waals surface area contributed by atoms with Crippen molar-refractivity contribution in [2.75, 3.05) is 6.54 Å². The molecule has 0 spiro atoms. The highest BCUT2D eigenvalue weighted by Crippen LogP contribution is 2.26. The minimum absolute atomic E-state index is 0.346. The van der Waals surface area contributed by atoms with Gasteiger partial charge in [-0.2, -0.15) is 0 Å². The summed E-state index contributed by atoms with van der Waals surface area (Å²) in [4.78, 5) is 39.2. The Morgan fingerprint density at radius 2 is 1.17 bits per heavy atom. The highest BCUT2D eigenvalue weighted by atomic mass is 35.5. The first kappa shape index (κ1) is 24.9. The summed E-state index contributed by atoms with van der Waals surface area (Å²) in [6.07, 6.45) is -1.17. The van der Waals surface area contributed by atoms with E-state index in [0.717, 1.165) is 11.1 Å². The molecule has 4 aromatic carbocycles. The summed E-state index contributed by atoms with van der Waals surface area (Å²) in [6.45, 7) is -0.388. The number of ketones is 1. The number of hydrogen-bond acceptors (Lipinski definition) is 4. The fourth-order valence-electron chi connectivity index (χ4n) is 3.88. The maximum absolute atomic E-state index is 13.2. The van der Waals surface area contributed by atoms with Gasteiger partial charge < -0.3 is 10.1 Å². The van der Waals surface area contributed by atoms with Crippen LogP contribution in [0.15, 0.2) is 115 Å². The second-order valence-electron chi connectivity index (χ2n) is 8.12. The molecule has 6 heteroatoms. The summed E-state index contributed by atoms with van der Waals surface area (Å²) in [5.74, 6) is -2.04. The number of esters is 1. The van der Waals surface area contributed by atoms with Gasteiger partial charge in [-0.3, -0.25) is 14.4 Å². The van der Waals surface area contributed by atoms with Crippen LogP contribution in [-0.2, 0) is 14.3 Å². The fraction of sp³-hybridized carbons (Fsp3) is 0.100. The van der Waals surface area contributed by atoms with E-state index in [-0.39, 0.29) is 18.2 Å². The van der Waals surface area contributed by atoms with E-state index in [1.807, 2.05) is 60.7 Å². The van der Waals surface area contributed by atoms with Gasteiger partial charge in [0, 0.05) is 16.1 Å². The second kappa shape index (κ2) is 12.0. The molecule has 0 heterocycles. The van der Waals surface area contributed by atoms with E-state index in [0.29, 0.717) is 16.1 Å². The van der Waals surface area contributed by atoms with E-state index in [1.165, 1.54) is 0 Å². The van der Waals surface area contributed by atoms with Crippen molar-refractivity contribution in [2.24, 2.45) is 0 Å². The van der Waals surface area contributed by atoms with E-state index in [2.05, 4.69) is 5.32 Å². The molecule has 0 saturated heterocycles. The van der Waals surface area contributed by atoms with E-state index >= 15 is 0 Å². The van der Waals surface area contributed by atoms with Gasteiger partial charge in [-0.1, -0.05) is 115 Å². The molecule has 180 valence electrons. The van der Waals surface area contributed by atoms with Crippen LogP contribution in [0.2, 0.25) is 5.02 Å². The van der Waals surface area contributed by atoms with E-state index in [9.17, 15) is 14.4 Å². The van der Waals surface area contributed by atoms with Crippen molar-refractivity contribution >= 4 is 29.3 Å². The van der Waals surface area contributed by atoms with Crippen LogP contribution >= 0.6 is 11.6 Å². The summed E-state index contributed by atoms with van der Waals surface area (Å²) in [6, 6.07) is 33.8. The first-order valence-corrected chi connectivity index (χ1v) is 11.8. The highest BCUT2D eigenvalue weighted by molar-refractivity contribution is 6.30. The predicted molar refractivity (Wildman–Crippen MR) is 139 cm³/mol. The number of carbonyl (C=O) groups is 3. The topological polar surface area (TPSA) is 72.5 Å². The third-order valence-electron chi connectivity index (χ3n) is 5.65. The molecule has 0 aromatic heterocycles. The molecule has 0 fully saturated rings. The molecule has 0 bridgehead atoms. The lowest BCUT2D eigenvalue weighted by molar-refractivity contribution is -0.147. The summed E-state index contributed by atoms with van der Waals surface area (Å²) in [5.41, 5.74) is 2.49. The molecule has 0 radical (unpaired) electrons. The molecular weight excluding hydrogens is 474 g/mol. The lowest BCUT2D eigenvalue weighted by atomic mass is 9.90. The quantitative estimate of drug-likeness (QED) is 0.236. The van der Waals surface area contributed by atoms with Gasteiger partial charge in [-0.05, 0) is 23.3 Å². The van der Waals surface area contributed by atoms with Gasteiger partial charge in [0.05, 0.1) is 5.92 Å². The van der Waals surface area contributed by atoms with Crippen LogP contribution in [0.4, 0.5) is 0 Å². The number of hydrogen-bond donors (Lipinski definition) is 1. The minimum Gasteiger partial charge on any atom is -0.448 e. The minimum atomic E-state index is -1.17. The Morgan fingerprint density at radius 1 is 0.667 bits per heavy atom. The van der Waals surface area contributed by atoms with Gasteiger partial charge in [-0.25, -0.2) is 0 Å². The van der Waals surface area contributed by atoms with Gasteiger partial charge in [0.25, 0.3) is 0 Å². The number of nitrogens with one attached hydrogen (secondary N) is 1. The summed E-state index contributed by atoms with van der Waals surface area (Å²) in [5, 5.41) is 3.17. The van der Waals surface area contributed by atoms with E-state index in [4.69, 9.17) is 16.3 Å². The second-order valence-corrected chi connectivity index (χ2v) is 8.56. The molecule has 0 aliphatic carbocycles. The molecule has 4 aromatic rings. The molecule has 4 rings (SSSR count). The number of ether oxygens (including phenoxy) is 1. The monoisotopic (exact) mass is 497 g/mol. The van der Waals surface area contributed by atoms with Crippen LogP contribution in [0, 0.1) is 0 Å². The van der Waals surface area contributed by atoms with Crippen molar-refractivity contribution in [3.8, 4) is 0 Å². The first-order chi connectivity index (χ1) is 17.5. The lowest BCUT2D eigenvalue weighted by Crippen LogP contribution is -2.36. The normalized spacial score (nSPS) is 11.5. The Balaban J connectivity index is 1.50. The maximum Gasteiger partial charge on any atom is 0.326 e. The lowest BCUT2D eigenvalue weighted by Gasteiger charge is -2.20. The zero-order chi connectivity index (χ0) is 25.3. The van der Waals surface area contributed by atoms with Crippen molar-refractivity contribution in [1.29, 1.82) is 0 Å². The average Bonchev–Trinajstić information content (AvgIpc) is 2.92. The summed E-state index contributed by atoms with van der Waals surface area (Å²) < 4.78 is 5.59. The molecule has 0 aliphatic heterocycles. The average molecular weight is 498 g/mol. The Labute approximate surface area is 214 Å². The van der Waals surface area contributed by atoms with E-state index in [1.54, 1.807) is 54.6 Å². The molecule has 0 unspecified atom stereocenters. The zero-order valence-electron chi connectivity index (χ0n) is 19.3. The van der Waals surface area contributed by atoms with Crippen molar-refractivity contribution in [1.82, 2.24) is 5.32 Å². The van der Waals surface area contributed by atoms with Crippen LogP contribution in [0.5, 0.6) is 0 Å². The standard InChI is InChI=1S/C30H24ClNO4/c31-25-18-16-24(17-19-25)29(28(34)23-14-8-3-9-15-23)36-26(33)20-32-30(35)27(21-10-4-1-5-11-21)22-12-6-2-7-13-22/h1-19,27,29H,20H2,(H,32,35)/t29-/m0/s1. The number of Topliss-reactive ketones (excluding diaryl/α,β-unsaturated/α-hetero) is 1. The van der Waals surface area contributed by atoms with Crippen LogP contribution in [0.1, 0.15) is 39.1 Å². The van der Waals surface area contributed by atoms with Crippen molar-refractivity contribution < 1.29 is 19.1 Å². The van der Waals surface area contributed by atoms with Gasteiger partial charge in [0.1, 0.15) is 6.54 Å². The first-order valence-electron chi connectivity index (χ1n) is 11.4. The van der Waals surface area contributed by atoms with Crippen LogP contribution < -0.4 is 5.32 Å². The SMILES string of the molecule is O=C(CNC(=O)C(c1ccccc1)c1ccccc1)O[C@H](C(=O)c1ccccc1)c1ccc(Cl)cc1. The van der Waals surface area contributed by atoms with Crippen molar-refractivity contribution in [3.05, 3.63) is 143 Å². The largest absolute Gasteiger partial charge is 0.448 e. The molecule has 1 amide bonds. The molecule has 0 aliphatic rings. The van der Waals surface area contributed by atoms with Gasteiger partial charge in [0.2, 0.25) is 11.7 Å². The predicted octanol–water partition coefficient (Wildman–Crippen LogP) is 5.76. The molecular formula is C30H24ClNO4.